The standard InChI is InChI=1S/C21H26ClNO7/c1-11(24)30-17-13(27-3)8-15(26)21(17)14(22)10-20-18(29-5)16(28-4)12(25)9-19(20,21)6-7-23(20)2/h8,14,17H,6-7,9-10H2,1-5H3/t14-,17-,19+,20+,21+/m0/s1. The molecule has 1 aliphatic heterocycles. The smallest absolute Gasteiger partial charge is 0.303 e. The van der Waals surface area contributed by atoms with Crippen molar-refractivity contribution in [1.29, 1.82) is 0 Å². The Kier molecular flexibility index (Phi) is 4.74. The third-order valence-corrected chi connectivity index (χ3v) is 8.15. The highest BCUT2D eigenvalue weighted by Crippen LogP contribution is 2.75. The Hall–Kier alpha value is -2.06. The van der Waals surface area contributed by atoms with Crippen molar-refractivity contribution >= 4 is 29.1 Å². The number of hydrogen-bond acceptors (Lipinski definition) is 8. The minimum absolute atomic E-state index is 0.0327. The fourth-order valence-corrected chi connectivity index (χ4v) is 7.36. The molecule has 1 saturated carbocycles. The molecule has 1 saturated heterocycles. The monoisotopic (exact) mass is 439 g/mol. The first-order chi connectivity index (χ1) is 14.2. The van der Waals surface area contributed by atoms with Crippen LogP contribution in [0.15, 0.2) is 23.4 Å². The van der Waals surface area contributed by atoms with Crippen LogP contribution in [0.5, 0.6) is 0 Å². The van der Waals surface area contributed by atoms with E-state index in [0.717, 1.165) is 0 Å². The van der Waals surface area contributed by atoms with Crippen molar-refractivity contribution in [3.05, 3.63) is 23.4 Å². The van der Waals surface area contributed by atoms with Crippen LogP contribution in [0.4, 0.5) is 0 Å². The number of likely N-dealkylation sites (tertiary alicyclic amines) is 1. The van der Waals surface area contributed by atoms with Crippen molar-refractivity contribution < 1.29 is 33.3 Å². The summed E-state index contributed by atoms with van der Waals surface area (Å²) in [6.45, 7) is 1.90. The van der Waals surface area contributed by atoms with Gasteiger partial charge in [0.25, 0.3) is 0 Å². The van der Waals surface area contributed by atoms with E-state index in [2.05, 4.69) is 4.90 Å². The van der Waals surface area contributed by atoms with Crippen LogP contribution in [0.25, 0.3) is 0 Å². The summed E-state index contributed by atoms with van der Waals surface area (Å²) >= 11 is 7.01. The Morgan fingerprint density at radius 2 is 1.90 bits per heavy atom. The molecular formula is C21H26ClNO7. The molecule has 1 spiro atoms. The SMILES string of the molecule is COC1=CC(=O)[C@]2([C@@H](Cl)C[C@@]34C(OC)=C(OC)C(=O)C[C@@]23CCN4C)[C@H]1OC(C)=O. The van der Waals surface area contributed by atoms with Gasteiger partial charge in [-0.1, -0.05) is 0 Å². The molecule has 9 heteroatoms. The third kappa shape index (κ3) is 2.09. The minimum Gasteiger partial charge on any atom is -0.497 e. The molecule has 1 heterocycles. The number of nitrogens with zero attached hydrogens (tertiary/aromatic N) is 1. The first-order valence-electron chi connectivity index (χ1n) is 9.86. The van der Waals surface area contributed by atoms with Crippen LogP contribution in [-0.4, -0.2) is 74.4 Å². The van der Waals surface area contributed by atoms with Gasteiger partial charge >= 0.3 is 5.97 Å². The second-order valence-corrected chi connectivity index (χ2v) is 8.95. The van der Waals surface area contributed by atoms with Gasteiger partial charge in [0.15, 0.2) is 17.6 Å². The van der Waals surface area contributed by atoms with E-state index in [1.165, 1.54) is 34.3 Å². The summed E-state index contributed by atoms with van der Waals surface area (Å²) in [5.74, 6) is -0.323. The van der Waals surface area contributed by atoms with E-state index in [1.807, 2.05) is 7.05 Å². The fraction of sp³-hybridized carbons (Fsp3) is 0.667. The third-order valence-electron chi connectivity index (χ3n) is 7.66. The van der Waals surface area contributed by atoms with Crippen LogP contribution >= 0.6 is 11.6 Å². The lowest BCUT2D eigenvalue weighted by Gasteiger charge is -2.53. The molecule has 8 nitrogen and oxygen atoms in total. The zero-order valence-corrected chi connectivity index (χ0v) is 18.5. The van der Waals surface area contributed by atoms with E-state index in [1.54, 1.807) is 0 Å². The number of carbonyl (C=O) groups excluding carboxylic acids is 3. The van der Waals surface area contributed by atoms with Crippen molar-refractivity contribution in [2.75, 3.05) is 34.9 Å². The molecule has 4 aliphatic rings. The molecule has 0 aromatic rings. The second-order valence-electron chi connectivity index (χ2n) is 8.43. The maximum absolute atomic E-state index is 13.7. The summed E-state index contributed by atoms with van der Waals surface area (Å²) in [6, 6.07) is 0. The molecule has 164 valence electrons. The van der Waals surface area contributed by atoms with Gasteiger partial charge in [-0.2, -0.15) is 0 Å². The Bertz CT molecular complexity index is 898. The highest BCUT2D eigenvalue weighted by Gasteiger charge is 2.84. The van der Waals surface area contributed by atoms with Crippen LogP contribution in [0.3, 0.4) is 0 Å². The average molecular weight is 440 g/mol. The normalized spacial score (nSPS) is 40.4. The number of allylic oxidation sites excluding steroid dienone is 2. The van der Waals surface area contributed by atoms with Crippen LogP contribution in [0.2, 0.25) is 0 Å². The van der Waals surface area contributed by atoms with E-state index in [9.17, 15) is 14.4 Å². The summed E-state index contributed by atoms with van der Waals surface area (Å²) in [4.78, 5) is 41.0. The first kappa shape index (κ1) is 21.2. The Morgan fingerprint density at radius 1 is 1.20 bits per heavy atom. The van der Waals surface area contributed by atoms with Gasteiger partial charge in [0.05, 0.1) is 32.2 Å². The quantitative estimate of drug-likeness (QED) is 0.481. The highest BCUT2D eigenvalue weighted by molar-refractivity contribution is 6.25. The van der Waals surface area contributed by atoms with Crippen molar-refractivity contribution in [3.63, 3.8) is 0 Å². The van der Waals surface area contributed by atoms with Crippen LogP contribution in [-0.2, 0) is 33.3 Å². The van der Waals surface area contributed by atoms with E-state index in [-0.39, 0.29) is 29.5 Å². The molecule has 2 fully saturated rings. The average Bonchev–Trinajstić information content (AvgIpc) is 3.22. The van der Waals surface area contributed by atoms with Crippen molar-refractivity contribution in [2.45, 2.75) is 43.2 Å². The molecule has 4 rings (SSSR count). The van der Waals surface area contributed by atoms with E-state index in [4.69, 9.17) is 30.5 Å². The van der Waals surface area contributed by atoms with Gasteiger partial charge in [-0.15, -0.1) is 11.6 Å². The molecule has 0 amide bonds. The summed E-state index contributed by atoms with van der Waals surface area (Å²) in [5.41, 5.74) is -3.15. The van der Waals surface area contributed by atoms with Gasteiger partial charge in [-0.05, 0) is 26.4 Å². The van der Waals surface area contributed by atoms with Gasteiger partial charge < -0.3 is 18.9 Å². The van der Waals surface area contributed by atoms with E-state index < -0.39 is 33.8 Å². The largest absolute Gasteiger partial charge is 0.497 e. The van der Waals surface area contributed by atoms with Gasteiger partial charge in [-0.25, -0.2) is 0 Å². The lowest BCUT2D eigenvalue weighted by Crippen LogP contribution is -2.63. The van der Waals surface area contributed by atoms with Crippen molar-refractivity contribution in [1.82, 2.24) is 4.90 Å². The molecule has 0 bridgehead atoms. The Labute approximate surface area is 180 Å². The summed E-state index contributed by atoms with van der Waals surface area (Å²) in [6.07, 6.45) is 1.22. The number of carbonyl (C=O) groups is 3. The van der Waals surface area contributed by atoms with Crippen LogP contribution in [0, 0.1) is 10.8 Å². The van der Waals surface area contributed by atoms with Gasteiger partial charge in [0, 0.05) is 24.8 Å². The highest BCUT2D eigenvalue weighted by atomic mass is 35.5. The van der Waals surface area contributed by atoms with Gasteiger partial charge in [0.2, 0.25) is 11.5 Å². The zero-order valence-electron chi connectivity index (χ0n) is 17.7. The number of alkyl halides is 1. The number of esters is 1. The van der Waals surface area contributed by atoms with Crippen LogP contribution < -0.4 is 0 Å². The second kappa shape index (κ2) is 6.72. The Morgan fingerprint density at radius 3 is 2.47 bits per heavy atom. The summed E-state index contributed by atoms with van der Waals surface area (Å²) in [5, 5.41) is -0.727. The molecule has 0 radical (unpaired) electrons. The minimum atomic E-state index is -1.35. The van der Waals surface area contributed by atoms with Crippen molar-refractivity contribution in [3.8, 4) is 0 Å². The number of methoxy groups -OCH3 is 3. The number of Topliss-reactive ketones (excluding diaryl/α,β-unsaturated/α-hetero) is 1. The molecule has 3 aliphatic carbocycles. The van der Waals surface area contributed by atoms with Crippen LogP contribution in [0.1, 0.15) is 26.2 Å². The molecule has 0 aromatic heterocycles. The van der Waals surface area contributed by atoms with Gasteiger partial charge in [0.1, 0.15) is 11.2 Å². The number of ketones is 2. The van der Waals surface area contributed by atoms with E-state index in [0.29, 0.717) is 25.1 Å². The lowest BCUT2D eigenvalue weighted by atomic mass is 9.52. The first-order valence-corrected chi connectivity index (χ1v) is 10.3. The number of ether oxygens (including phenoxy) is 4. The van der Waals surface area contributed by atoms with Crippen molar-refractivity contribution in [2.24, 2.45) is 10.8 Å². The molecular weight excluding hydrogens is 414 g/mol. The molecule has 0 aromatic carbocycles. The number of halogens is 1. The number of likely N-dealkylation sites (N-methyl/N-ethyl adjacent to an activating group) is 1. The maximum atomic E-state index is 13.7. The number of rotatable bonds is 4. The summed E-state index contributed by atoms with van der Waals surface area (Å²) < 4.78 is 22.3. The maximum Gasteiger partial charge on any atom is 0.303 e. The molecule has 0 N–H and O–H groups in total. The van der Waals surface area contributed by atoms with E-state index >= 15 is 0 Å². The van der Waals surface area contributed by atoms with Gasteiger partial charge in [-0.3, -0.25) is 19.3 Å². The predicted octanol–water partition coefficient (Wildman–Crippen LogP) is 1.57. The molecule has 5 atom stereocenters. The summed E-state index contributed by atoms with van der Waals surface area (Å²) in [7, 11) is 6.28. The fourth-order valence-electron chi connectivity index (χ4n) is 6.71. The predicted molar refractivity (Wildman–Crippen MR) is 105 cm³/mol. The molecule has 0 unspecified atom stereocenters. The Balaban J connectivity index is 2.04. The zero-order chi connectivity index (χ0) is 22.1. The number of hydrogen-bond donors (Lipinski definition) is 0. The molecule has 30 heavy (non-hydrogen) atoms. The lowest BCUT2D eigenvalue weighted by molar-refractivity contribution is -0.166. The topological polar surface area (TPSA) is 91.4 Å².